The van der Waals surface area contributed by atoms with E-state index in [4.69, 9.17) is 32.7 Å². The van der Waals surface area contributed by atoms with Crippen molar-refractivity contribution in [3.05, 3.63) is 10.9 Å². The van der Waals surface area contributed by atoms with Gasteiger partial charge in [0.1, 0.15) is 11.3 Å². The summed E-state index contributed by atoms with van der Waals surface area (Å²) in [5.74, 6) is 0.155. The Labute approximate surface area is 114 Å². The number of aliphatic imine (C=N–C) groups is 1. The van der Waals surface area contributed by atoms with Crippen molar-refractivity contribution in [2.75, 3.05) is 14.2 Å². The molecule has 1 rings (SSSR count). The van der Waals surface area contributed by atoms with Crippen LogP contribution in [0.3, 0.4) is 0 Å². The molecule has 1 aliphatic rings. The van der Waals surface area contributed by atoms with Crippen molar-refractivity contribution >= 4 is 46.4 Å². The summed E-state index contributed by atoms with van der Waals surface area (Å²) < 4.78 is 10.1. The predicted octanol–water partition coefficient (Wildman–Crippen LogP) is 1.86. The van der Waals surface area contributed by atoms with E-state index < -0.39 is 5.18 Å². The lowest BCUT2D eigenvalue weighted by atomic mass is 10.4. The molecule has 0 radical (unpaired) electrons. The van der Waals surface area contributed by atoms with Crippen LogP contribution in [0.25, 0.3) is 0 Å². The first-order chi connectivity index (χ1) is 7.96. The number of nitrogens with zero attached hydrogens (tertiary/aromatic N) is 1. The first kappa shape index (κ1) is 14.6. The Morgan fingerprint density at radius 1 is 1.59 bits per heavy atom. The van der Waals surface area contributed by atoms with Crippen LogP contribution in [0.15, 0.2) is 15.9 Å². The Morgan fingerprint density at radius 3 is 2.71 bits per heavy atom. The van der Waals surface area contributed by atoms with Gasteiger partial charge in [-0.1, -0.05) is 35.0 Å². The van der Waals surface area contributed by atoms with Crippen molar-refractivity contribution in [2.45, 2.75) is 17.4 Å². The fourth-order valence-corrected chi connectivity index (χ4v) is 2.25. The second-order valence-corrected chi connectivity index (χ2v) is 5.40. The Kier molecular flexibility index (Phi) is 5.12. The third kappa shape index (κ3) is 3.28. The first-order valence-electron chi connectivity index (χ1n) is 4.64. The summed E-state index contributed by atoms with van der Waals surface area (Å²) in [5.41, 5.74) is 0. The third-order valence-electron chi connectivity index (χ3n) is 1.90. The monoisotopic (exact) mass is 298 g/mol. The van der Waals surface area contributed by atoms with Crippen LogP contribution in [0, 0.1) is 0 Å². The van der Waals surface area contributed by atoms with Gasteiger partial charge in [-0.25, -0.2) is 0 Å². The Hall–Kier alpha value is -0.430. The lowest BCUT2D eigenvalue weighted by Gasteiger charge is -2.31. The van der Waals surface area contributed by atoms with Crippen molar-refractivity contribution in [1.82, 2.24) is 5.32 Å². The standard InChI is InChI=1S/C9H12Cl2N2O3S/c1-5(4-14)17-8-12-7(15-2)6(10)9(11,13-8)16-3/h4-5H,1-3H3,(H,12,13). The van der Waals surface area contributed by atoms with Crippen LogP contribution in [-0.2, 0) is 14.3 Å². The van der Waals surface area contributed by atoms with E-state index in [1.165, 1.54) is 26.0 Å². The number of ether oxygens (including phenoxy) is 2. The van der Waals surface area contributed by atoms with E-state index in [9.17, 15) is 4.79 Å². The van der Waals surface area contributed by atoms with Crippen LogP contribution in [-0.4, -0.2) is 36.1 Å². The highest BCUT2D eigenvalue weighted by Gasteiger charge is 2.39. The maximum atomic E-state index is 10.6. The number of methoxy groups -OCH3 is 2. The van der Waals surface area contributed by atoms with Crippen LogP contribution in [0.1, 0.15) is 6.92 Å². The highest BCUT2D eigenvalue weighted by atomic mass is 35.5. The molecular weight excluding hydrogens is 287 g/mol. The van der Waals surface area contributed by atoms with E-state index in [1.54, 1.807) is 6.92 Å². The lowest BCUT2D eigenvalue weighted by Crippen LogP contribution is -2.48. The minimum atomic E-state index is -1.42. The van der Waals surface area contributed by atoms with Gasteiger partial charge < -0.3 is 19.6 Å². The van der Waals surface area contributed by atoms with Crippen molar-refractivity contribution in [1.29, 1.82) is 0 Å². The summed E-state index contributed by atoms with van der Waals surface area (Å²) in [5, 5.41) is 1.61. The lowest BCUT2D eigenvalue weighted by molar-refractivity contribution is -0.107. The Morgan fingerprint density at radius 2 is 2.24 bits per heavy atom. The summed E-state index contributed by atoms with van der Waals surface area (Å²) in [6, 6.07) is 0. The van der Waals surface area contributed by atoms with Crippen molar-refractivity contribution in [2.24, 2.45) is 4.99 Å². The largest absolute Gasteiger partial charge is 0.480 e. The maximum Gasteiger partial charge on any atom is 0.261 e. The minimum Gasteiger partial charge on any atom is -0.480 e. The van der Waals surface area contributed by atoms with Gasteiger partial charge in [0, 0.05) is 7.11 Å². The Balaban J connectivity index is 3.00. The van der Waals surface area contributed by atoms with Gasteiger partial charge in [-0.2, -0.15) is 4.99 Å². The van der Waals surface area contributed by atoms with Crippen LogP contribution in [0.4, 0.5) is 0 Å². The smallest absolute Gasteiger partial charge is 0.261 e. The second-order valence-electron chi connectivity index (χ2n) is 3.12. The summed E-state index contributed by atoms with van der Waals surface area (Å²) in [4.78, 5) is 14.7. The highest BCUT2D eigenvalue weighted by molar-refractivity contribution is 8.14. The number of nitrogens with one attached hydrogen (secondary N) is 1. The number of rotatable bonds is 4. The van der Waals surface area contributed by atoms with Gasteiger partial charge in [0.2, 0.25) is 5.88 Å². The van der Waals surface area contributed by atoms with Gasteiger partial charge in [0.15, 0.2) is 5.17 Å². The van der Waals surface area contributed by atoms with Crippen LogP contribution < -0.4 is 5.32 Å². The summed E-state index contributed by atoms with van der Waals surface area (Å²) in [6.45, 7) is 1.73. The molecule has 1 N–H and O–H groups in total. The zero-order chi connectivity index (χ0) is 13.1. The molecule has 1 aliphatic heterocycles. The average molecular weight is 299 g/mol. The molecular formula is C9H12Cl2N2O3S. The molecule has 5 nitrogen and oxygen atoms in total. The van der Waals surface area contributed by atoms with Crippen molar-refractivity contribution in [3.63, 3.8) is 0 Å². The number of thioether (sulfide) groups is 1. The van der Waals surface area contributed by atoms with Gasteiger partial charge in [-0.05, 0) is 6.92 Å². The molecule has 2 unspecified atom stereocenters. The molecule has 1 heterocycles. The zero-order valence-corrected chi connectivity index (χ0v) is 11.8. The number of carbonyl (C=O) groups is 1. The summed E-state index contributed by atoms with van der Waals surface area (Å²) in [6.07, 6.45) is 0.796. The fraction of sp³-hybridized carbons (Fsp3) is 0.556. The number of aldehydes is 1. The number of alkyl halides is 1. The van der Waals surface area contributed by atoms with Crippen LogP contribution in [0.2, 0.25) is 0 Å². The molecule has 0 saturated carbocycles. The molecule has 96 valence electrons. The fourth-order valence-electron chi connectivity index (χ4n) is 1.03. The van der Waals surface area contributed by atoms with E-state index in [1.807, 2.05) is 0 Å². The van der Waals surface area contributed by atoms with Crippen LogP contribution in [0.5, 0.6) is 0 Å². The summed E-state index contributed by atoms with van der Waals surface area (Å²) >= 11 is 13.3. The SMILES string of the molecule is COC1=C(Cl)C(Cl)(OC)NC(SC(C)C=O)=N1. The topological polar surface area (TPSA) is 59.9 Å². The van der Waals surface area contributed by atoms with E-state index in [0.29, 0.717) is 5.17 Å². The molecule has 0 aromatic carbocycles. The van der Waals surface area contributed by atoms with Gasteiger partial charge in [-0.15, -0.1) is 0 Å². The highest BCUT2D eigenvalue weighted by Crippen LogP contribution is 2.34. The molecule has 0 bridgehead atoms. The molecule has 0 aromatic rings. The van der Waals surface area contributed by atoms with Crippen molar-refractivity contribution in [3.8, 4) is 0 Å². The molecule has 0 aliphatic carbocycles. The molecule has 8 heteroatoms. The number of hydrogen-bond acceptors (Lipinski definition) is 6. The van der Waals surface area contributed by atoms with Crippen LogP contribution >= 0.6 is 35.0 Å². The third-order valence-corrected chi connectivity index (χ3v) is 3.77. The molecule has 0 spiro atoms. The molecule has 0 fully saturated rings. The van der Waals surface area contributed by atoms with E-state index in [2.05, 4.69) is 10.3 Å². The number of carbonyl (C=O) groups excluding carboxylic acids is 1. The number of hydrogen-bond donors (Lipinski definition) is 1. The Bertz CT molecular complexity index is 375. The molecule has 0 aromatic heterocycles. The molecule has 0 amide bonds. The first-order valence-corrected chi connectivity index (χ1v) is 6.27. The summed E-state index contributed by atoms with van der Waals surface area (Å²) in [7, 11) is 2.82. The predicted molar refractivity (Wildman–Crippen MR) is 69.2 cm³/mol. The molecule has 2 atom stereocenters. The average Bonchev–Trinajstić information content (AvgIpc) is 2.33. The van der Waals surface area contributed by atoms with Crippen molar-refractivity contribution < 1.29 is 14.3 Å². The minimum absolute atomic E-state index is 0.104. The van der Waals surface area contributed by atoms with Gasteiger partial charge >= 0.3 is 0 Å². The van der Waals surface area contributed by atoms with E-state index >= 15 is 0 Å². The maximum absolute atomic E-state index is 10.6. The van der Waals surface area contributed by atoms with Gasteiger partial charge in [0.25, 0.3) is 5.18 Å². The number of halogens is 2. The van der Waals surface area contributed by atoms with Gasteiger partial charge in [-0.3, -0.25) is 0 Å². The second kappa shape index (κ2) is 5.95. The zero-order valence-electron chi connectivity index (χ0n) is 9.49. The van der Waals surface area contributed by atoms with Gasteiger partial charge in [0.05, 0.1) is 12.4 Å². The molecule has 17 heavy (non-hydrogen) atoms. The van der Waals surface area contributed by atoms with E-state index in [0.717, 1.165) is 6.29 Å². The molecule has 0 saturated heterocycles. The number of amidine groups is 1. The normalized spacial score (nSPS) is 26.1. The quantitative estimate of drug-likeness (QED) is 0.488. The van der Waals surface area contributed by atoms with E-state index in [-0.39, 0.29) is 16.2 Å².